The van der Waals surface area contributed by atoms with E-state index in [4.69, 9.17) is 4.42 Å². The standard InChI is InChI=1S/C18H19N3O2S/c1-20(18(22)17-8-7-16(23-17)13-24-2)12-14-5-3-6-15(11-14)21-10-4-9-19-21/h3-11H,12-13H2,1-2H3. The lowest BCUT2D eigenvalue weighted by molar-refractivity contribution is 0.0752. The van der Waals surface area contributed by atoms with Crippen molar-refractivity contribution in [3.8, 4) is 5.69 Å². The number of carbonyl (C=O) groups excluding carboxylic acids is 1. The number of hydrogen-bond donors (Lipinski definition) is 0. The molecule has 5 nitrogen and oxygen atoms in total. The molecule has 1 aromatic carbocycles. The molecule has 0 atom stereocenters. The summed E-state index contributed by atoms with van der Waals surface area (Å²) in [5.41, 5.74) is 2.01. The van der Waals surface area contributed by atoms with Crippen molar-refractivity contribution in [1.29, 1.82) is 0 Å². The number of hydrogen-bond acceptors (Lipinski definition) is 4. The van der Waals surface area contributed by atoms with Crippen molar-refractivity contribution in [2.24, 2.45) is 0 Å². The topological polar surface area (TPSA) is 51.3 Å². The van der Waals surface area contributed by atoms with Crippen LogP contribution in [0.3, 0.4) is 0 Å². The normalized spacial score (nSPS) is 10.8. The molecule has 124 valence electrons. The van der Waals surface area contributed by atoms with E-state index < -0.39 is 0 Å². The largest absolute Gasteiger partial charge is 0.455 e. The maximum absolute atomic E-state index is 12.5. The minimum Gasteiger partial charge on any atom is -0.455 e. The van der Waals surface area contributed by atoms with Crippen LogP contribution >= 0.6 is 11.8 Å². The number of amides is 1. The smallest absolute Gasteiger partial charge is 0.289 e. The molecule has 0 aliphatic heterocycles. The van der Waals surface area contributed by atoms with Crippen LogP contribution in [0.1, 0.15) is 21.9 Å². The first-order valence-electron chi connectivity index (χ1n) is 7.59. The Morgan fingerprint density at radius 2 is 2.17 bits per heavy atom. The fourth-order valence-corrected chi connectivity index (χ4v) is 2.91. The van der Waals surface area contributed by atoms with Crippen LogP contribution in [0.15, 0.2) is 59.3 Å². The number of furan rings is 1. The van der Waals surface area contributed by atoms with E-state index in [-0.39, 0.29) is 5.91 Å². The molecule has 2 heterocycles. The third kappa shape index (κ3) is 3.71. The number of thioether (sulfide) groups is 1. The van der Waals surface area contributed by atoms with Crippen molar-refractivity contribution < 1.29 is 9.21 Å². The molecule has 0 aliphatic rings. The van der Waals surface area contributed by atoms with Gasteiger partial charge < -0.3 is 9.32 Å². The van der Waals surface area contributed by atoms with Crippen molar-refractivity contribution >= 4 is 17.7 Å². The van der Waals surface area contributed by atoms with Gasteiger partial charge in [0.05, 0.1) is 11.4 Å². The molecule has 0 aliphatic carbocycles. The molecule has 1 amide bonds. The van der Waals surface area contributed by atoms with Crippen molar-refractivity contribution in [3.05, 3.63) is 71.9 Å². The van der Waals surface area contributed by atoms with Crippen LogP contribution < -0.4 is 0 Å². The van der Waals surface area contributed by atoms with Crippen LogP contribution in [0.2, 0.25) is 0 Å². The maximum atomic E-state index is 12.5. The Kier molecular flexibility index (Phi) is 5.05. The summed E-state index contributed by atoms with van der Waals surface area (Å²) in [6, 6.07) is 13.5. The highest BCUT2D eigenvalue weighted by atomic mass is 32.2. The molecule has 0 unspecified atom stereocenters. The van der Waals surface area contributed by atoms with Gasteiger partial charge in [0.1, 0.15) is 5.76 Å². The second kappa shape index (κ2) is 7.40. The number of benzene rings is 1. The molecule has 0 saturated heterocycles. The van der Waals surface area contributed by atoms with Gasteiger partial charge in [-0.3, -0.25) is 4.79 Å². The van der Waals surface area contributed by atoms with E-state index in [2.05, 4.69) is 5.10 Å². The first-order chi connectivity index (χ1) is 11.7. The lowest BCUT2D eigenvalue weighted by atomic mass is 10.2. The third-order valence-corrected chi connectivity index (χ3v) is 4.18. The molecule has 0 fully saturated rings. The van der Waals surface area contributed by atoms with Crippen molar-refractivity contribution in [3.63, 3.8) is 0 Å². The summed E-state index contributed by atoms with van der Waals surface area (Å²) in [4.78, 5) is 14.1. The summed E-state index contributed by atoms with van der Waals surface area (Å²) < 4.78 is 7.40. The van der Waals surface area contributed by atoms with Crippen molar-refractivity contribution in [2.75, 3.05) is 13.3 Å². The van der Waals surface area contributed by atoms with Gasteiger partial charge in [-0.2, -0.15) is 16.9 Å². The van der Waals surface area contributed by atoms with Crippen LogP contribution in [-0.4, -0.2) is 33.9 Å². The summed E-state index contributed by atoms with van der Waals surface area (Å²) in [7, 11) is 1.78. The van der Waals surface area contributed by atoms with Gasteiger partial charge in [-0.05, 0) is 42.2 Å². The van der Waals surface area contributed by atoms with E-state index >= 15 is 0 Å². The van der Waals surface area contributed by atoms with Gasteiger partial charge in [0.25, 0.3) is 5.91 Å². The summed E-state index contributed by atoms with van der Waals surface area (Å²) in [5.74, 6) is 1.85. The van der Waals surface area contributed by atoms with E-state index in [1.165, 1.54) is 0 Å². The Hall–Kier alpha value is -2.47. The Labute approximate surface area is 145 Å². The molecule has 3 aromatic rings. The number of rotatable bonds is 6. The first kappa shape index (κ1) is 16.4. The molecular formula is C18H19N3O2S. The second-order valence-electron chi connectivity index (χ2n) is 5.48. The van der Waals surface area contributed by atoms with Crippen LogP contribution in [-0.2, 0) is 12.3 Å². The van der Waals surface area contributed by atoms with Gasteiger partial charge in [-0.1, -0.05) is 12.1 Å². The average Bonchev–Trinajstić information content (AvgIpc) is 3.26. The Morgan fingerprint density at radius 3 is 2.92 bits per heavy atom. The molecule has 2 aromatic heterocycles. The molecule has 0 saturated carbocycles. The highest BCUT2D eigenvalue weighted by molar-refractivity contribution is 7.97. The van der Waals surface area contributed by atoms with Gasteiger partial charge in [0, 0.05) is 26.0 Å². The Bertz CT molecular complexity index is 811. The molecule has 0 spiro atoms. The van der Waals surface area contributed by atoms with Crippen LogP contribution in [0, 0.1) is 0 Å². The quantitative estimate of drug-likeness (QED) is 0.687. The molecular weight excluding hydrogens is 322 g/mol. The maximum Gasteiger partial charge on any atom is 0.289 e. The summed E-state index contributed by atoms with van der Waals surface area (Å²) in [6.07, 6.45) is 5.64. The fraction of sp³-hybridized carbons (Fsp3) is 0.222. The zero-order chi connectivity index (χ0) is 16.9. The fourth-order valence-electron chi connectivity index (χ4n) is 2.47. The van der Waals surface area contributed by atoms with Gasteiger partial charge >= 0.3 is 0 Å². The highest BCUT2D eigenvalue weighted by Gasteiger charge is 2.16. The number of aromatic nitrogens is 2. The number of nitrogens with zero attached hydrogens (tertiary/aromatic N) is 3. The average molecular weight is 341 g/mol. The summed E-state index contributed by atoms with van der Waals surface area (Å²) >= 11 is 1.66. The molecule has 0 bridgehead atoms. The van der Waals surface area contributed by atoms with Gasteiger partial charge in [0.2, 0.25) is 0 Å². The van der Waals surface area contributed by atoms with Gasteiger partial charge in [-0.15, -0.1) is 0 Å². The van der Waals surface area contributed by atoms with E-state index in [1.54, 1.807) is 40.7 Å². The highest BCUT2D eigenvalue weighted by Crippen LogP contribution is 2.16. The summed E-state index contributed by atoms with van der Waals surface area (Å²) in [6.45, 7) is 0.506. The van der Waals surface area contributed by atoms with Gasteiger partial charge in [0.15, 0.2) is 5.76 Å². The zero-order valence-corrected chi connectivity index (χ0v) is 14.5. The predicted octanol–water partition coefficient (Wildman–Crippen LogP) is 3.60. The van der Waals surface area contributed by atoms with Crippen LogP contribution in [0.4, 0.5) is 0 Å². The monoisotopic (exact) mass is 341 g/mol. The predicted molar refractivity (Wildman–Crippen MR) is 95.3 cm³/mol. The SMILES string of the molecule is CSCc1ccc(C(=O)N(C)Cc2cccc(-n3cccn3)c2)o1. The number of carbonyl (C=O) groups is 1. The zero-order valence-electron chi connectivity index (χ0n) is 13.7. The third-order valence-electron chi connectivity index (χ3n) is 3.60. The van der Waals surface area contributed by atoms with Gasteiger partial charge in [-0.25, -0.2) is 4.68 Å². The molecule has 3 rings (SSSR count). The molecule has 0 radical (unpaired) electrons. The van der Waals surface area contributed by atoms with E-state index in [0.29, 0.717) is 12.3 Å². The van der Waals surface area contributed by atoms with Crippen molar-refractivity contribution in [1.82, 2.24) is 14.7 Å². The Morgan fingerprint density at radius 1 is 1.29 bits per heavy atom. The molecule has 6 heteroatoms. The van der Waals surface area contributed by atoms with Crippen LogP contribution in [0.5, 0.6) is 0 Å². The van der Waals surface area contributed by atoms with E-state index in [1.807, 2.05) is 48.9 Å². The first-order valence-corrected chi connectivity index (χ1v) is 8.99. The lowest BCUT2D eigenvalue weighted by Gasteiger charge is -2.16. The second-order valence-corrected chi connectivity index (χ2v) is 6.35. The lowest BCUT2D eigenvalue weighted by Crippen LogP contribution is -2.25. The molecule has 24 heavy (non-hydrogen) atoms. The van der Waals surface area contributed by atoms with Crippen molar-refractivity contribution in [2.45, 2.75) is 12.3 Å². The van der Waals surface area contributed by atoms with Crippen LogP contribution in [0.25, 0.3) is 5.69 Å². The minimum absolute atomic E-state index is 0.119. The van der Waals surface area contributed by atoms with E-state index in [9.17, 15) is 4.79 Å². The summed E-state index contributed by atoms with van der Waals surface area (Å²) in [5, 5.41) is 4.23. The van der Waals surface area contributed by atoms with E-state index in [0.717, 1.165) is 22.8 Å². The Balaban J connectivity index is 1.70. The molecule has 0 N–H and O–H groups in total. The minimum atomic E-state index is -0.119.